The lowest BCUT2D eigenvalue weighted by molar-refractivity contribution is 0.0697. The van der Waals surface area contributed by atoms with Crippen molar-refractivity contribution in [1.82, 2.24) is 0 Å². The number of aromatic carboxylic acids is 1. The number of hydrogen-bond donors (Lipinski definition) is 3. The van der Waals surface area contributed by atoms with Gasteiger partial charge in [0.05, 0.1) is 17.3 Å². The molecule has 0 spiro atoms. The Hall–Kier alpha value is -1.75. The summed E-state index contributed by atoms with van der Waals surface area (Å²) in [6.45, 7) is 2.38. The predicted octanol–water partition coefficient (Wildman–Crippen LogP) is 0.905. The Labute approximate surface area is 93.2 Å². The van der Waals surface area contributed by atoms with Crippen molar-refractivity contribution in [2.75, 3.05) is 11.9 Å². The molecule has 5 nitrogen and oxygen atoms in total. The first-order chi connectivity index (χ1) is 7.61. The zero-order valence-corrected chi connectivity index (χ0v) is 8.93. The third-order valence-electron chi connectivity index (χ3n) is 2.68. The molecule has 86 valence electrons. The minimum Gasteiger partial charge on any atom is -0.485 e. The lowest BCUT2D eigenvalue weighted by atomic mass is 10.1. The van der Waals surface area contributed by atoms with Crippen LogP contribution in [0.25, 0.3) is 0 Å². The molecule has 1 aliphatic heterocycles. The van der Waals surface area contributed by atoms with Gasteiger partial charge in [0.1, 0.15) is 11.9 Å². The number of carboxylic acid groups (broad SMARTS) is 1. The Bertz CT molecular complexity index is 420. The van der Waals surface area contributed by atoms with Gasteiger partial charge in [0.25, 0.3) is 0 Å². The number of fused-ring (bicyclic) bond motifs is 1. The van der Waals surface area contributed by atoms with E-state index in [1.54, 1.807) is 12.1 Å². The molecule has 1 aromatic rings. The quantitative estimate of drug-likeness (QED) is 0.692. The normalized spacial score (nSPS) is 22.9. The fraction of sp³-hybridized carbons (Fsp3) is 0.364. The van der Waals surface area contributed by atoms with E-state index in [-0.39, 0.29) is 17.7 Å². The maximum absolute atomic E-state index is 10.8. The van der Waals surface area contributed by atoms with Gasteiger partial charge in [0.2, 0.25) is 0 Å². The van der Waals surface area contributed by atoms with Crippen LogP contribution in [0.1, 0.15) is 17.3 Å². The third-order valence-corrected chi connectivity index (χ3v) is 2.68. The van der Waals surface area contributed by atoms with Gasteiger partial charge in [0, 0.05) is 6.54 Å². The van der Waals surface area contributed by atoms with Crippen molar-refractivity contribution in [3.63, 3.8) is 0 Å². The van der Waals surface area contributed by atoms with Gasteiger partial charge in [-0.1, -0.05) is 0 Å². The van der Waals surface area contributed by atoms with Crippen LogP contribution in [-0.4, -0.2) is 29.8 Å². The standard InChI is InChI=1S/C11H14N2O3/c1-6-10(5-12)16-9-3-2-7(11(14)15)4-8(9)13-6/h2-4,6,10,13H,5,12H2,1H3,(H,14,15). The summed E-state index contributed by atoms with van der Waals surface area (Å²) in [7, 11) is 0. The first-order valence-corrected chi connectivity index (χ1v) is 5.12. The monoisotopic (exact) mass is 222 g/mol. The highest BCUT2D eigenvalue weighted by Gasteiger charge is 2.25. The molecule has 1 heterocycles. The van der Waals surface area contributed by atoms with Crippen LogP contribution in [0.5, 0.6) is 5.75 Å². The van der Waals surface area contributed by atoms with E-state index in [1.165, 1.54) is 6.07 Å². The summed E-state index contributed by atoms with van der Waals surface area (Å²) >= 11 is 0. The van der Waals surface area contributed by atoms with E-state index >= 15 is 0 Å². The maximum Gasteiger partial charge on any atom is 0.335 e. The molecule has 16 heavy (non-hydrogen) atoms. The topological polar surface area (TPSA) is 84.6 Å². The Morgan fingerprint density at radius 1 is 1.62 bits per heavy atom. The van der Waals surface area contributed by atoms with Crippen molar-refractivity contribution in [3.8, 4) is 5.75 Å². The number of rotatable bonds is 2. The van der Waals surface area contributed by atoms with Crippen LogP contribution in [0.15, 0.2) is 18.2 Å². The van der Waals surface area contributed by atoms with E-state index in [0.717, 1.165) is 0 Å². The molecule has 0 amide bonds. The van der Waals surface area contributed by atoms with Crippen LogP contribution in [0.3, 0.4) is 0 Å². The van der Waals surface area contributed by atoms with Crippen LogP contribution in [0.2, 0.25) is 0 Å². The van der Waals surface area contributed by atoms with Crippen LogP contribution in [0.4, 0.5) is 5.69 Å². The average molecular weight is 222 g/mol. The largest absolute Gasteiger partial charge is 0.485 e. The lowest BCUT2D eigenvalue weighted by Crippen LogP contribution is -2.44. The number of carboxylic acids is 1. The van der Waals surface area contributed by atoms with Crippen LogP contribution in [-0.2, 0) is 0 Å². The van der Waals surface area contributed by atoms with E-state index in [9.17, 15) is 4.79 Å². The van der Waals surface area contributed by atoms with Gasteiger partial charge >= 0.3 is 5.97 Å². The first kappa shape index (κ1) is 10.8. The Kier molecular flexibility index (Phi) is 2.70. The molecule has 0 fully saturated rings. The number of nitrogens with one attached hydrogen (secondary N) is 1. The van der Waals surface area contributed by atoms with Crippen molar-refractivity contribution in [2.24, 2.45) is 5.73 Å². The number of anilines is 1. The van der Waals surface area contributed by atoms with Gasteiger partial charge in [-0.3, -0.25) is 0 Å². The summed E-state index contributed by atoms with van der Waals surface area (Å²) in [5.41, 5.74) is 6.52. The number of hydrogen-bond acceptors (Lipinski definition) is 4. The van der Waals surface area contributed by atoms with E-state index in [4.69, 9.17) is 15.6 Å². The van der Waals surface area contributed by atoms with E-state index in [0.29, 0.717) is 18.0 Å². The van der Waals surface area contributed by atoms with Crippen molar-refractivity contribution < 1.29 is 14.6 Å². The van der Waals surface area contributed by atoms with Crippen LogP contribution < -0.4 is 15.8 Å². The minimum absolute atomic E-state index is 0.0709. The molecular weight excluding hydrogens is 208 g/mol. The highest BCUT2D eigenvalue weighted by molar-refractivity contribution is 5.89. The second kappa shape index (κ2) is 4.02. The van der Waals surface area contributed by atoms with Gasteiger partial charge in [-0.2, -0.15) is 0 Å². The van der Waals surface area contributed by atoms with E-state index < -0.39 is 5.97 Å². The van der Waals surface area contributed by atoms with Crippen molar-refractivity contribution in [2.45, 2.75) is 19.1 Å². The summed E-state index contributed by atoms with van der Waals surface area (Å²) < 4.78 is 5.65. The summed E-state index contributed by atoms with van der Waals surface area (Å²) in [6, 6.07) is 4.81. The van der Waals surface area contributed by atoms with Gasteiger partial charge in [-0.25, -0.2) is 4.79 Å². The highest BCUT2D eigenvalue weighted by Crippen LogP contribution is 2.31. The molecule has 0 bridgehead atoms. The fourth-order valence-corrected chi connectivity index (χ4v) is 1.73. The molecule has 0 saturated heterocycles. The average Bonchev–Trinajstić information content (AvgIpc) is 2.27. The summed E-state index contributed by atoms with van der Waals surface area (Å²) in [5.74, 6) is -0.295. The van der Waals surface area contributed by atoms with Gasteiger partial charge in [0.15, 0.2) is 0 Å². The van der Waals surface area contributed by atoms with Gasteiger partial charge in [-0.05, 0) is 25.1 Å². The van der Waals surface area contributed by atoms with Crippen molar-refractivity contribution >= 4 is 11.7 Å². The number of ether oxygens (including phenoxy) is 1. The molecule has 2 rings (SSSR count). The molecule has 1 aliphatic rings. The first-order valence-electron chi connectivity index (χ1n) is 5.12. The number of benzene rings is 1. The summed E-state index contributed by atoms with van der Waals surface area (Å²) in [5, 5.41) is 12.0. The minimum atomic E-state index is -0.946. The zero-order chi connectivity index (χ0) is 11.7. The Morgan fingerprint density at radius 3 is 3.00 bits per heavy atom. The molecule has 2 atom stereocenters. The number of nitrogens with two attached hydrogens (primary N) is 1. The SMILES string of the molecule is CC1Nc2cc(C(=O)O)ccc2OC1CN. The molecule has 2 unspecified atom stereocenters. The second-order valence-corrected chi connectivity index (χ2v) is 3.84. The zero-order valence-electron chi connectivity index (χ0n) is 8.93. The predicted molar refractivity (Wildman–Crippen MR) is 60.0 cm³/mol. The molecule has 0 radical (unpaired) electrons. The smallest absolute Gasteiger partial charge is 0.335 e. The van der Waals surface area contributed by atoms with Crippen LogP contribution >= 0.6 is 0 Å². The Morgan fingerprint density at radius 2 is 2.38 bits per heavy atom. The molecule has 0 saturated carbocycles. The van der Waals surface area contributed by atoms with E-state index in [2.05, 4.69) is 5.32 Å². The molecule has 0 aliphatic carbocycles. The summed E-state index contributed by atoms with van der Waals surface area (Å²) in [4.78, 5) is 10.8. The van der Waals surface area contributed by atoms with Crippen LogP contribution in [0, 0.1) is 0 Å². The third kappa shape index (κ3) is 1.81. The molecule has 0 aromatic heterocycles. The highest BCUT2D eigenvalue weighted by atomic mass is 16.5. The maximum atomic E-state index is 10.8. The molecule has 4 N–H and O–H groups in total. The second-order valence-electron chi connectivity index (χ2n) is 3.84. The van der Waals surface area contributed by atoms with Crippen molar-refractivity contribution in [1.29, 1.82) is 0 Å². The van der Waals surface area contributed by atoms with E-state index in [1.807, 2.05) is 6.92 Å². The lowest BCUT2D eigenvalue weighted by Gasteiger charge is -2.32. The van der Waals surface area contributed by atoms with Gasteiger partial charge in [-0.15, -0.1) is 0 Å². The molecule has 5 heteroatoms. The molecule has 1 aromatic carbocycles. The number of carbonyl (C=O) groups is 1. The Balaban J connectivity index is 2.32. The molecular formula is C11H14N2O3. The summed E-state index contributed by atoms with van der Waals surface area (Å²) in [6.07, 6.45) is -0.0804. The van der Waals surface area contributed by atoms with Crippen molar-refractivity contribution in [3.05, 3.63) is 23.8 Å². The fourth-order valence-electron chi connectivity index (χ4n) is 1.73. The van der Waals surface area contributed by atoms with Gasteiger partial charge < -0.3 is 20.9 Å².